The van der Waals surface area contributed by atoms with Gasteiger partial charge in [0.2, 0.25) is 5.95 Å². The third-order valence-corrected chi connectivity index (χ3v) is 5.17. The Hall–Kier alpha value is -2.63. The Bertz CT molecular complexity index is 987. The van der Waals surface area contributed by atoms with Crippen LogP contribution in [0.2, 0.25) is 5.02 Å². The van der Waals surface area contributed by atoms with Gasteiger partial charge < -0.3 is 5.32 Å². The van der Waals surface area contributed by atoms with Gasteiger partial charge in [-0.25, -0.2) is 4.98 Å². The van der Waals surface area contributed by atoms with E-state index in [-0.39, 0.29) is 5.56 Å². The highest BCUT2D eigenvalue weighted by molar-refractivity contribution is 6.31. The molecule has 0 atom stereocenters. The SMILES string of the molecule is O=c1[nH]c(NCc2ccccc2Cl)nc2c1CN(Cc1ccccc1)CC2. The van der Waals surface area contributed by atoms with Gasteiger partial charge >= 0.3 is 0 Å². The number of hydrogen-bond donors (Lipinski definition) is 2. The van der Waals surface area contributed by atoms with Crippen molar-refractivity contribution in [2.24, 2.45) is 0 Å². The normalized spacial score (nSPS) is 14.0. The van der Waals surface area contributed by atoms with E-state index >= 15 is 0 Å². The van der Waals surface area contributed by atoms with Gasteiger partial charge in [-0.15, -0.1) is 0 Å². The zero-order chi connectivity index (χ0) is 18.6. The molecule has 1 aromatic heterocycles. The van der Waals surface area contributed by atoms with Crippen molar-refractivity contribution in [3.05, 3.63) is 92.4 Å². The molecule has 0 radical (unpaired) electrons. The van der Waals surface area contributed by atoms with Crippen LogP contribution in [0.4, 0.5) is 5.95 Å². The monoisotopic (exact) mass is 380 g/mol. The fourth-order valence-electron chi connectivity index (χ4n) is 3.36. The number of nitrogens with zero attached hydrogens (tertiary/aromatic N) is 2. The fourth-order valence-corrected chi connectivity index (χ4v) is 3.56. The summed E-state index contributed by atoms with van der Waals surface area (Å²) in [5.74, 6) is 0.496. The van der Waals surface area contributed by atoms with E-state index < -0.39 is 0 Å². The lowest BCUT2D eigenvalue weighted by molar-refractivity contribution is 0.242. The Morgan fingerprint density at radius 1 is 1.11 bits per heavy atom. The van der Waals surface area contributed by atoms with E-state index in [1.54, 1.807) is 0 Å². The molecule has 1 aliphatic rings. The lowest BCUT2D eigenvalue weighted by atomic mass is 10.1. The summed E-state index contributed by atoms with van der Waals surface area (Å²) < 4.78 is 0. The van der Waals surface area contributed by atoms with Crippen LogP contribution in [0.3, 0.4) is 0 Å². The van der Waals surface area contributed by atoms with Crippen molar-refractivity contribution in [1.82, 2.24) is 14.9 Å². The Balaban J connectivity index is 1.46. The second-order valence-electron chi connectivity index (χ2n) is 6.73. The van der Waals surface area contributed by atoms with Crippen LogP contribution in [0.1, 0.15) is 22.4 Å². The molecule has 0 saturated carbocycles. The maximum absolute atomic E-state index is 12.6. The average Bonchev–Trinajstić information content (AvgIpc) is 2.69. The number of rotatable bonds is 5. The number of H-pyrrole nitrogens is 1. The third-order valence-electron chi connectivity index (χ3n) is 4.80. The molecule has 27 heavy (non-hydrogen) atoms. The zero-order valence-electron chi connectivity index (χ0n) is 14.9. The van der Waals surface area contributed by atoms with Crippen molar-refractivity contribution in [2.75, 3.05) is 11.9 Å². The summed E-state index contributed by atoms with van der Waals surface area (Å²) in [5.41, 5.74) is 3.79. The van der Waals surface area contributed by atoms with Crippen LogP contribution < -0.4 is 10.9 Å². The second-order valence-corrected chi connectivity index (χ2v) is 7.14. The van der Waals surface area contributed by atoms with Gasteiger partial charge in [0.1, 0.15) is 0 Å². The minimum absolute atomic E-state index is 0.0700. The predicted molar refractivity (Wildman–Crippen MR) is 108 cm³/mol. The van der Waals surface area contributed by atoms with Gasteiger partial charge in [0.15, 0.2) is 0 Å². The highest BCUT2D eigenvalue weighted by atomic mass is 35.5. The van der Waals surface area contributed by atoms with Crippen LogP contribution in [0.25, 0.3) is 0 Å². The van der Waals surface area contributed by atoms with E-state index in [1.807, 2.05) is 42.5 Å². The number of halogens is 1. The lowest BCUT2D eigenvalue weighted by Gasteiger charge is -2.27. The van der Waals surface area contributed by atoms with Crippen molar-refractivity contribution in [3.63, 3.8) is 0 Å². The summed E-state index contributed by atoms with van der Waals surface area (Å²) >= 11 is 6.18. The smallest absolute Gasteiger partial charge is 0.257 e. The summed E-state index contributed by atoms with van der Waals surface area (Å²) in [4.78, 5) is 22.3. The second kappa shape index (κ2) is 7.94. The molecule has 138 valence electrons. The molecular formula is C21H21ClN4O. The van der Waals surface area contributed by atoms with Crippen LogP contribution in [0.5, 0.6) is 0 Å². The first-order chi connectivity index (χ1) is 13.2. The predicted octanol–water partition coefficient (Wildman–Crippen LogP) is 3.59. The molecule has 0 amide bonds. The van der Waals surface area contributed by atoms with Crippen LogP contribution in [0, 0.1) is 0 Å². The molecule has 2 aromatic carbocycles. The maximum Gasteiger partial charge on any atom is 0.257 e. The topological polar surface area (TPSA) is 61.0 Å². The molecular weight excluding hydrogens is 360 g/mol. The molecule has 1 aliphatic heterocycles. The largest absolute Gasteiger partial charge is 0.352 e. The molecule has 0 unspecified atom stereocenters. The van der Waals surface area contributed by atoms with Crippen LogP contribution in [0.15, 0.2) is 59.4 Å². The first-order valence-electron chi connectivity index (χ1n) is 9.04. The molecule has 4 rings (SSSR count). The Kier molecular flexibility index (Phi) is 5.23. The fraction of sp³-hybridized carbons (Fsp3) is 0.238. The lowest BCUT2D eigenvalue weighted by Crippen LogP contribution is -2.35. The molecule has 0 saturated heterocycles. The minimum atomic E-state index is -0.0700. The molecule has 0 bridgehead atoms. The molecule has 0 aliphatic carbocycles. The third kappa shape index (κ3) is 4.21. The number of aromatic nitrogens is 2. The minimum Gasteiger partial charge on any atom is -0.352 e. The summed E-state index contributed by atoms with van der Waals surface area (Å²) in [7, 11) is 0. The van der Waals surface area contributed by atoms with Crippen molar-refractivity contribution >= 4 is 17.5 Å². The number of hydrogen-bond acceptors (Lipinski definition) is 4. The van der Waals surface area contributed by atoms with E-state index in [1.165, 1.54) is 5.56 Å². The van der Waals surface area contributed by atoms with Gasteiger partial charge in [-0.1, -0.05) is 60.1 Å². The van der Waals surface area contributed by atoms with E-state index in [0.29, 0.717) is 24.1 Å². The zero-order valence-corrected chi connectivity index (χ0v) is 15.7. The van der Waals surface area contributed by atoms with Crippen molar-refractivity contribution in [1.29, 1.82) is 0 Å². The summed E-state index contributed by atoms with van der Waals surface area (Å²) in [6.07, 6.45) is 0.771. The number of aromatic amines is 1. The van der Waals surface area contributed by atoms with Crippen LogP contribution >= 0.6 is 11.6 Å². The van der Waals surface area contributed by atoms with Crippen molar-refractivity contribution < 1.29 is 0 Å². The van der Waals surface area contributed by atoms with Gasteiger partial charge in [0.25, 0.3) is 5.56 Å². The molecule has 0 spiro atoms. The van der Waals surface area contributed by atoms with Gasteiger partial charge in [0, 0.05) is 37.6 Å². The Labute approximate surface area is 163 Å². The number of benzene rings is 2. The Morgan fingerprint density at radius 2 is 1.89 bits per heavy atom. The molecule has 5 nitrogen and oxygen atoms in total. The molecule has 0 fully saturated rings. The van der Waals surface area contributed by atoms with E-state index in [4.69, 9.17) is 11.6 Å². The van der Waals surface area contributed by atoms with Gasteiger partial charge in [0.05, 0.1) is 11.3 Å². The van der Waals surface area contributed by atoms with Crippen molar-refractivity contribution in [3.8, 4) is 0 Å². The van der Waals surface area contributed by atoms with Gasteiger partial charge in [-0.3, -0.25) is 14.7 Å². The van der Waals surface area contributed by atoms with Crippen LogP contribution in [-0.2, 0) is 26.1 Å². The number of fused-ring (bicyclic) bond motifs is 1. The Morgan fingerprint density at radius 3 is 2.70 bits per heavy atom. The summed E-state index contributed by atoms with van der Waals surface area (Å²) in [6.45, 7) is 2.87. The first kappa shape index (κ1) is 17.8. The summed E-state index contributed by atoms with van der Waals surface area (Å²) in [5, 5.41) is 3.88. The number of nitrogens with one attached hydrogen (secondary N) is 2. The van der Waals surface area contributed by atoms with E-state index in [2.05, 4.69) is 32.3 Å². The van der Waals surface area contributed by atoms with E-state index in [9.17, 15) is 4.79 Å². The standard InChI is InChI=1S/C21H21ClN4O/c22-18-9-5-4-8-16(18)12-23-21-24-19-10-11-26(14-17(19)20(27)25-21)13-15-6-2-1-3-7-15/h1-9H,10-14H2,(H2,23,24,25,27). The van der Waals surface area contributed by atoms with Crippen LogP contribution in [-0.4, -0.2) is 21.4 Å². The van der Waals surface area contributed by atoms with Gasteiger partial charge in [-0.2, -0.15) is 0 Å². The molecule has 3 aromatic rings. The van der Waals surface area contributed by atoms with Crippen molar-refractivity contribution in [2.45, 2.75) is 26.1 Å². The van der Waals surface area contributed by atoms with E-state index in [0.717, 1.165) is 36.3 Å². The number of anilines is 1. The average molecular weight is 381 g/mol. The molecule has 2 heterocycles. The molecule has 2 N–H and O–H groups in total. The maximum atomic E-state index is 12.6. The highest BCUT2D eigenvalue weighted by Crippen LogP contribution is 2.19. The highest BCUT2D eigenvalue weighted by Gasteiger charge is 2.21. The quantitative estimate of drug-likeness (QED) is 0.710. The molecule has 6 heteroatoms. The summed E-state index contributed by atoms with van der Waals surface area (Å²) in [6, 6.07) is 18.0. The first-order valence-corrected chi connectivity index (χ1v) is 9.42. The van der Waals surface area contributed by atoms with Gasteiger partial charge in [-0.05, 0) is 17.2 Å².